The topological polar surface area (TPSA) is 69.4 Å². The Labute approximate surface area is 112 Å². The Hall–Kier alpha value is -1.14. The summed E-state index contributed by atoms with van der Waals surface area (Å²) in [6.07, 6.45) is 1.09. The fourth-order valence-electron chi connectivity index (χ4n) is 2.52. The standard InChI is InChI=1S/C13H18FNO3S/c1-18-12-4-2-3-10(13(12)14)11(15)7-9-5-6-19(16,17)8-9/h2-4,9,11H,5-8,15H2,1H3. The minimum atomic E-state index is -2.92. The van der Waals surface area contributed by atoms with Crippen LogP contribution in [0.15, 0.2) is 18.2 Å². The van der Waals surface area contributed by atoms with Crippen molar-refractivity contribution in [2.45, 2.75) is 18.9 Å². The summed E-state index contributed by atoms with van der Waals surface area (Å²) in [5, 5.41) is 0. The molecule has 106 valence electrons. The van der Waals surface area contributed by atoms with E-state index in [-0.39, 0.29) is 23.2 Å². The van der Waals surface area contributed by atoms with Crippen molar-refractivity contribution in [3.05, 3.63) is 29.6 Å². The lowest BCUT2D eigenvalue weighted by Crippen LogP contribution is -2.18. The SMILES string of the molecule is COc1cccc(C(N)CC2CCS(=O)(=O)C2)c1F. The third-order valence-corrected chi connectivity index (χ3v) is 5.36. The van der Waals surface area contributed by atoms with Crippen LogP contribution in [0.1, 0.15) is 24.4 Å². The van der Waals surface area contributed by atoms with Gasteiger partial charge in [-0.05, 0) is 24.8 Å². The van der Waals surface area contributed by atoms with Crippen LogP contribution in [-0.2, 0) is 9.84 Å². The molecule has 0 saturated carbocycles. The zero-order chi connectivity index (χ0) is 14.0. The van der Waals surface area contributed by atoms with E-state index in [1.54, 1.807) is 12.1 Å². The van der Waals surface area contributed by atoms with Crippen molar-refractivity contribution in [3.8, 4) is 5.75 Å². The second-order valence-corrected chi connectivity index (χ2v) is 7.20. The third-order valence-electron chi connectivity index (χ3n) is 3.53. The molecule has 0 aliphatic carbocycles. The van der Waals surface area contributed by atoms with Crippen LogP contribution in [0.2, 0.25) is 0 Å². The van der Waals surface area contributed by atoms with E-state index in [0.717, 1.165) is 0 Å². The molecular weight excluding hydrogens is 269 g/mol. The average Bonchev–Trinajstić information content (AvgIpc) is 2.68. The van der Waals surface area contributed by atoms with Gasteiger partial charge in [0.2, 0.25) is 0 Å². The van der Waals surface area contributed by atoms with Crippen LogP contribution < -0.4 is 10.5 Å². The van der Waals surface area contributed by atoms with Gasteiger partial charge >= 0.3 is 0 Å². The van der Waals surface area contributed by atoms with Gasteiger partial charge in [0.05, 0.1) is 18.6 Å². The second kappa shape index (κ2) is 5.46. The van der Waals surface area contributed by atoms with Gasteiger partial charge in [0, 0.05) is 11.6 Å². The van der Waals surface area contributed by atoms with Gasteiger partial charge < -0.3 is 10.5 Å². The number of ether oxygens (including phenoxy) is 1. The summed E-state index contributed by atoms with van der Waals surface area (Å²) in [6, 6.07) is 4.33. The molecule has 2 atom stereocenters. The summed E-state index contributed by atoms with van der Waals surface area (Å²) < 4.78 is 41.7. The Balaban J connectivity index is 2.10. The zero-order valence-corrected chi connectivity index (χ0v) is 11.6. The molecule has 1 aliphatic heterocycles. The van der Waals surface area contributed by atoms with Gasteiger partial charge in [0.15, 0.2) is 21.4 Å². The first-order chi connectivity index (χ1) is 8.93. The highest BCUT2D eigenvalue weighted by Crippen LogP contribution is 2.31. The molecular formula is C13H18FNO3S. The van der Waals surface area contributed by atoms with Gasteiger partial charge in [0.1, 0.15) is 0 Å². The van der Waals surface area contributed by atoms with Crippen molar-refractivity contribution in [1.29, 1.82) is 0 Å². The van der Waals surface area contributed by atoms with Crippen LogP contribution in [0, 0.1) is 11.7 Å². The predicted molar refractivity (Wildman–Crippen MR) is 71.3 cm³/mol. The molecule has 6 heteroatoms. The highest BCUT2D eigenvalue weighted by atomic mass is 32.2. The Bertz CT molecular complexity index is 559. The first-order valence-electron chi connectivity index (χ1n) is 6.21. The maximum absolute atomic E-state index is 14.0. The minimum absolute atomic E-state index is 0.0191. The smallest absolute Gasteiger partial charge is 0.169 e. The molecule has 0 aromatic heterocycles. The Morgan fingerprint density at radius 2 is 2.26 bits per heavy atom. The number of benzene rings is 1. The number of methoxy groups -OCH3 is 1. The molecule has 2 unspecified atom stereocenters. The van der Waals surface area contributed by atoms with Gasteiger partial charge in [-0.25, -0.2) is 12.8 Å². The van der Waals surface area contributed by atoms with Crippen LogP contribution in [0.5, 0.6) is 5.75 Å². The van der Waals surface area contributed by atoms with Crippen molar-refractivity contribution >= 4 is 9.84 Å². The predicted octanol–water partition coefficient (Wildman–Crippen LogP) is 1.66. The minimum Gasteiger partial charge on any atom is -0.494 e. The van der Waals surface area contributed by atoms with Crippen LogP contribution in [0.4, 0.5) is 4.39 Å². The van der Waals surface area contributed by atoms with Crippen molar-refractivity contribution in [3.63, 3.8) is 0 Å². The molecule has 19 heavy (non-hydrogen) atoms. The van der Waals surface area contributed by atoms with Crippen LogP contribution >= 0.6 is 0 Å². The van der Waals surface area contributed by atoms with Crippen LogP contribution in [0.3, 0.4) is 0 Å². The number of hydrogen-bond donors (Lipinski definition) is 1. The number of nitrogens with two attached hydrogens (primary N) is 1. The number of sulfone groups is 1. The molecule has 2 rings (SSSR count). The number of rotatable bonds is 4. The molecule has 0 radical (unpaired) electrons. The normalized spacial score (nSPS) is 23.2. The molecule has 1 aliphatic rings. The molecule has 0 bridgehead atoms. The summed E-state index contributed by atoms with van der Waals surface area (Å²) in [4.78, 5) is 0. The molecule has 1 aromatic rings. The Morgan fingerprint density at radius 1 is 1.53 bits per heavy atom. The van der Waals surface area contributed by atoms with Crippen LogP contribution in [0.25, 0.3) is 0 Å². The summed E-state index contributed by atoms with van der Waals surface area (Å²) >= 11 is 0. The van der Waals surface area contributed by atoms with Gasteiger partial charge in [-0.3, -0.25) is 0 Å². The Kier molecular flexibility index (Phi) is 4.10. The van der Waals surface area contributed by atoms with E-state index in [1.807, 2.05) is 0 Å². The lowest BCUT2D eigenvalue weighted by atomic mass is 9.94. The highest BCUT2D eigenvalue weighted by molar-refractivity contribution is 7.91. The van der Waals surface area contributed by atoms with E-state index in [9.17, 15) is 12.8 Å². The highest BCUT2D eigenvalue weighted by Gasteiger charge is 2.30. The average molecular weight is 287 g/mol. The summed E-state index contributed by atoms with van der Waals surface area (Å²) in [5.41, 5.74) is 6.38. The van der Waals surface area contributed by atoms with E-state index in [0.29, 0.717) is 18.4 Å². The van der Waals surface area contributed by atoms with Crippen molar-refractivity contribution < 1.29 is 17.5 Å². The van der Waals surface area contributed by atoms with Gasteiger partial charge in [-0.2, -0.15) is 0 Å². The van der Waals surface area contributed by atoms with E-state index in [4.69, 9.17) is 10.5 Å². The third kappa shape index (κ3) is 3.25. The number of hydrogen-bond acceptors (Lipinski definition) is 4. The van der Waals surface area contributed by atoms with Gasteiger partial charge in [-0.15, -0.1) is 0 Å². The maximum Gasteiger partial charge on any atom is 0.169 e. The first-order valence-corrected chi connectivity index (χ1v) is 8.03. The lowest BCUT2D eigenvalue weighted by molar-refractivity contribution is 0.379. The monoisotopic (exact) mass is 287 g/mol. The molecule has 1 fully saturated rings. The van der Waals surface area contributed by atoms with Crippen molar-refractivity contribution in [1.82, 2.24) is 0 Å². The van der Waals surface area contributed by atoms with Gasteiger partial charge in [-0.1, -0.05) is 12.1 Å². The summed E-state index contributed by atoms with van der Waals surface area (Å²) in [7, 11) is -1.52. The molecule has 4 nitrogen and oxygen atoms in total. The molecule has 1 aromatic carbocycles. The van der Waals surface area contributed by atoms with Crippen molar-refractivity contribution in [2.24, 2.45) is 11.7 Å². The second-order valence-electron chi connectivity index (χ2n) is 4.97. The van der Waals surface area contributed by atoms with Gasteiger partial charge in [0.25, 0.3) is 0 Å². The van der Waals surface area contributed by atoms with E-state index in [2.05, 4.69) is 0 Å². The molecule has 1 heterocycles. The molecule has 1 saturated heterocycles. The fourth-order valence-corrected chi connectivity index (χ4v) is 4.40. The summed E-state index contributed by atoms with van der Waals surface area (Å²) in [6.45, 7) is 0. The quantitative estimate of drug-likeness (QED) is 0.914. The van der Waals surface area contributed by atoms with Crippen molar-refractivity contribution in [2.75, 3.05) is 18.6 Å². The zero-order valence-electron chi connectivity index (χ0n) is 10.8. The molecule has 0 spiro atoms. The largest absolute Gasteiger partial charge is 0.494 e. The van der Waals surface area contributed by atoms with E-state index < -0.39 is 21.7 Å². The summed E-state index contributed by atoms with van der Waals surface area (Å²) in [5.74, 6) is 0.0908. The number of halogens is 1. The van der Waals surface area contributed by atoms with Crippen LogP contribution in [-0.4, -0.2) is 27.0 Å². The lowest BCUT2D eigenvalue weighted by Gasteiger charge is -2.17. The first kappa shape index (κ1) is 14.3. The maximum atomic E-state index is 14.0. The Morgan fingerprint density at radius 3 is 2.84 bits per heavy atom. The van der Waals surface area contributed by atoms with E-state index >= 15 is 0 Å². The molecule has 2 N–H and O–H groups in total. The fraction of sp³-hybridized carbons (Fsp3) is 0.538. The molecule has 0 amide bonds. The van der Waals surface area contributed by atoms with E-state index in [1.165, 1.54) is 13.2 Å².